The van der Waals surface area contributed by atoms with E-state index in [0.29, 0.717) is 0 Å². The van der Waals surface area contributed by atoms with Gasteiger partial charge in [0.2, 0.25) is 5.56 Å². The highest BCUT2D eigenvalue weighted by molar-refractivity contribution is 5.43. The maximum Gasteiger partial charge on any atom is 0.250 e. The molecule has 3 nitrogen and oxygen atoms in total. The van der Waals surface area contributed by atoms with Gasteiger partial charge >= 0.3 is 0 Å². The van der Waals surface area contributed by atoms with E-state index in [1.807, 2.05) is 18.3 Å². The maximum absolute atomic E-state index is 11.5. The lowest BCUT2D eigenvalue weighted by atomic mass is 9.85. The molecule has 1 aromatic heterocycles. The Morgan fingerprint density at radius 3 is 2.33 bits per heavy atom. The zero-order valence-corrected chi connectivity index (χ0v) is 13.3. The van der Waals surface area contributed by atoms with E-state index in [4.69, 9.17) is 0 Å². The molecule has 0 bridgehead atoms. The number of anilines is 1. The van der Waals surface area contributed by atoms with Crippen LogP contribution in [-0.2, 0) is 7.05 Å². The largest absolute Gasteiger partial charge is 0.377 e. The molecule has 112 valence electrons. The van der Waals surface area contributed by atoms with Gasteiger partial charge in [-0.05, 0) is 23.5 Å². The molecule has 0 fully saturated rings. The van der Waals surface area contributed by atoms with Crippen molar-refractivity contribution < 1.29 is 0 Å². The Bertz CT molecular complexity index is 638. The van der Waals surface area contributed by atoms with Gasteiger partial charge in [-0.3, -0.25) is 4.79 Å². The van der Waals surface area contributed by atoms with E-state index in [1.165, 1.54) is 5.56 Å². The summed E-state index contributed by atoms with van der Waals surface area (Å²) in [5, 5.41) is 3.56. The first-order valence-corrected chi connectivity index (χ1v) is 7.33. The van der Waals surface area contributed by atoms with Crippen molar-refractivity contribution >= 4 is 5.69 Å². The van der Waals surface area contributed by atoms with Crippen molar-refractivity contribution in [2.24, 2.45) is 12.5 Å². The van der Waals surface area contributed by atoms with Crippen molar-refractivity contribution in [1.82, 2.24) is 4.57 Å². The minimum atomic E-state index is 0.00707. The number of hydrogen-bond acceptors (Lipinski definition) is 2. The molecule has 3 heteroatoms. The molecule has 0 saturated carbocycles. The smallest absolute Gasteiger partial charge is 0.250 e. The van der Waals surface area contributed by atoms with Crippen molar-refractivity contribution in [2.45, 2.75) is 33.2 Å². The normalized spacial score (nSPS) is 13.0. The van der Waals surface area contributed by atoms with Crippen LogP contribution in [0.2, 0.25) is 0 Å². The molecule has 1 unspecified atom stereocenters. The molecule has 1 aromatic carbocycles. The van der Waals surface area contributed by atoms with Gasteiger partial charge in [0.15, 0.2) is 0 Å². The van der Waals surface area contributed by atoms with Gasteiger partial charge in [-0.2, -0.15) is 0 Å². The van der Waals surface area contributed by atoms with Crippen molar-refractivity contribution in [2.75, 3.05) is 5.32 Å². The average molecular weight is 284 g/mol. The zero-order valence-electron chi connectivity index (χ0n) is 13.3. The minimum absolute atomic E-state index is 0.00707. The molecule has 0 amide bonds. The lowest BCUT2D eigenvalue weighted by Crippen LogP contribution is -2.20. The molecule has 0 spiro atoms. The van der Waals surface area contributed by atoms with Crippen LogP contribution < -0.4 is 10.9 Å². The van der Waals surface area contributed by atoms with Gasteiger partial charge in [0.1, 0.15) is 0 Å². The Balaban J connectivity index is 2.27. The Morgan fingerprint density at radius 1 is 1.10 bits per heavy atom. The molecule has 1 N–H and O–H groups in total. The Morgan fingerprint density at radius 2 is 1.76 bits per heavy atom. The molecule has 0 radical (unpaired) electrons. The van der Waals surface area contributed by atoms with Gasteiger partial charge in [-0.15, -0.1) is 0 Å². The number of nitrogens with zero attached hydrogens (tertiary/aromatic N) is 1. The van der Waals surface area contributed by atoms with Crippen LogP contribution in [0.4, 0.5) is 5.69 Å². The number of nitrogens with one attached hydrogen (secondary N) is 1. The predicted octanol–water partition coefficient (Wildman–Crippen LogP) is 3.97. The molecule has 2 aromatic rings. The van der Waals surface area contributed by atoms with Crippen molar-refractivity contribution in [3.63, 3.8) is 0 Å². The first-order chi connectivity index (χ1) is 9.85. The fourth-order valence-electron chi connectivity index (χ4n) is 2.43. The van der Waals surface area contributed by atoms with E-state index in [1.54, 1.807) is 17.7 Å². The van der Waals surface area contributed by atoms with Gasteiger partial charge in [-0.1, -0.05) is 51.1 Å². The third kappa shape index (κ3) is 4.48. The molecule has 21 heavy (non-hydrogen) atoms. The summed E-state index contributed by atoms with van der Waals surface area (Å²) in [4.78, 5) is 11.5. The van der Waals surface area contributed by atoms with Crippen LogP contribution >= 0.6 is 0 Å². The molecule has 0 saturated heterocycles. The van der Waals surface area contributed by atoms with Crippen molar-refractivity contribution in [3.8, 4) is 0 Å². The number of pyridine rings is 1. The number of rotatable bonds is 4. The highest BCUT2D eigenvalue weighted by atomic mass is 16.1. The first-order valence-electron chi connectivity index (χ1n) is 7.33. The third-order valence-electron chi connectivity index (χ3n) is 3.45. The minimum Gasteiger partial charge on any atom is -0.377 e. The van der Waals surface area contributed by atoms with E-state index in [-0.39, 0.29) is 17.0 Å². The molecular formula is C18H24N2O. The quantitative estimate of drug-likeness (QED) is 0.921. The monoisotopic (exact) mass is 284 g/mol. The Labute approximate surface area is 126 Å². The van der Waals surface area contributed by atoms with Gasteiger partial charge in [0.25, 0.3) is 0 Å². The van der Waals surface area contributed by atoms with Crippen LogP contribution in [0.25, 0.3) is 0 Å². The second kappa shape index (κ2) is 6.17. The third-order valence-corrected chi connectivity index (χ3v) is 3.45. The molecule has 1 atom stereocenters. The maximum atomic E-state index is 11.5. The number of aryl methyl sites for hydroxylation is 1. The summed E-state index contributed by atoms with van der Waals surface area (Å²) in [6, 6.07) is 14.1. The standard InChI is InChI=1S/C18H24N2O/c1-18(2,3)12-16(14-8-6-5-7-9-14)19-15-10-11-17(21)20(4)13-15/h5-11,13,16,19H,12H2,1-4H3. The Kier molecular flexibility index (Phi) is 4.51. The van der Waals surface area contributed by atoms with Gasteiger partial charge in [0.05, 0.1) is 11.7 Å². The van der Waals surface area contributed by atoms with Crippen LogP contribution in [0.1, 0.15) is 38.8 Å². The van der Waals surface area contributed by atoms with Crippen molar-refractivity contribution in [3.05, 3.63) is 64.6 Å². The van der Waals surface area contributed by atoms with Crippen LogP contribution in [0, 0.1) is 5.41 Å². The summed E-state index contributed by atoms with van der Waals surface area (Å²) in [5.41, 5.74) is 2.46. The predicted molar refractivity (Wildman–Crippen MR) is 88.6 cm³/mol. The highest BCUT2D eigenvalue weighted by Gasteiger charge is 2.20. The lowest BCUT2D eigenvalue weighted by Gasteiger charge is -2.28. The van der Waals surface area contributed by atoms with E-state index in [9.17, 15) is 4.79 Å². The average Bonchev–Trinajstić information content (AvgIpc) is 2.42. The number of benzene rings is 1. The summed E-state index contributed by atoms with van der Waals surface area (Å²) >= 11 is 0. The molecule has 0 aliphatic rings. The molecule has 2 rings (SSSR count). The second-order valence-electron chi connectivity index (χ2n) is 6.74. The zero-order chi connectivity index (χ0) is 15.5. The Hall–Kier alpha value is -2.03. The molecule has 0 aliphatic carbocycles. The van der Waals surface area contributed by atoms with Crippen LogP contribution in [0.3, 0.4) is 0 Å². The van der Waals surface area contributed by atoms with Crippen LogP contribution in [0.15, 0.2) is 53.5 Å². The van der Waals surface area contributed by atoms with Gasteiger partial charge < -0.3 is 9.88 Å². The summed E-state index contributed by atoms with van der Waals surface area (Å²) in [6.07, 6.45) is 2.86. The fraction of sp³-hybridized carbons (Fsp3) is 0.389. The molecular weight excluding hydrogens is 260 g/mol. The van der Waals surface area contributed by atoms with Gasteiger partial charge in [-0.25, -0.2) is 0 Å². The highest BCUT2D eigenvalue weighted by Crippen LogP contribution is 2.31. The molecule has 1 heterocycles. The van der Waals surface area contributed by atoms with Crippen LogP contribution in [0.5, 0.6) is 0 Å². The SMILES string of the molecule is Cn1cc(NC(CC(C)(C)C)c2ccccc2)ccc1=O. The van der Waals surface area contributed by atoms with E-state index >= 15 is 0 Å². The van der Waals surface area contributed by atoms with E-state index < -0.39 is 0 Å². The molecule has 0 aliphatic heterocycles. The summed E-state index contributed by atoms with van der Waals surface area (Å²) < 4.78 is 1.60. The first kappa shape index (κ1) is 15.4. The summed E-state index contributed by atoms with van der Waals surface area (Å²) in [5.74, 6) is 0. The number of aromatic nitrogens is 1. The van der Waals surface area contributed by atoms with Crippen molar-refractivity contribution in [1.29, 1.82) is 0 Å². The lowest BCUT2D eigenvalue weighted by molar-refractivity contribution is 0.352. The number of hydrogen-bond donors (Lipinski definition) is 1. The summed E-state index contributed by atoms with van der Waals surface area (Å²) in [7, 11) is 1.77. The van der Waals surface area contributed by atoms with E-state index in [0.717, 1.165) is 12.1 Å². The van der Waals surface area contributed by atoms with E-state index in [2.05, 4.69) is 50.4 Å². The fourth-order valence-corrected chi connectivity index (χ4v) is 2.43. The summed E-state index contributed by atoms with van der Waals surface area (Å²) in [6.45, 7) is 6.72. The second-order valence-corrected chi connectivity index (χ2v) is 6.74. The van der Waals surface area contributed by atoms with Crippen LogP contribution in [-0.4, -0.2) is 4.57 Å². The van der Waals surface area contributed by atoms with Gasteiger partial charge in [0, 0.05) is 19.3 Å². The topological polar surface area (TPSA) is 34.0 Å².